The normalized spacial score (nSPS) is 10.6. The van der Waals surface area contributed by atoms with E-state index in [-0.39, 0.29) is 17.6 Å². The van der Waals surface area contributed by atoms with Crippen LogP contribution in [0.25, 0.3) is 11.1 Å². The minimum Gasteiger partial charge on any atom is -0.462 e. The number of carbonyl (C=O) groups excluding carboxylic acids is 2. The molecule has 3 rings (SSSR count). The van der Waals surface area contributed by atoms with Gasteiger partial charge in [-0.2, -0.15) is 0 Å². The number of carbonyl (C=O) groups is 2. The first-order valence-corrected chi connectivity index (χ1v) is 8.69. The summed E-state index contributed by atoms with van der Waals surface area (Å²) in [7, 11) is 0. The van der Waals surface area contributed by atoms with E-state index in [9.17, 15) is 9.59 Å². The van der Waals surface area contributed by atoms with Crippen LogP contribution < -0.4 is 5.32 Å². The van der Waals surface area contributed by atoms with E-state index < -0.39 is 0 Å². The van der Waals surface area contributed by atoms with Gasteiger partial charge in [-0.3, -0.25) is 4.79 Å². The minimum absolute atomic E-state index is 0.173. The Morgan fingerprint density at radius 1 is 1.16 bits per heavy atom. The molecule has 128 valence electrons. The van der Waals surface area contributed by atoms with E-state index in [2.05, 4.69) is 10.3 Å². The number of nitrogens with zero attached hydrogens (tertiary/aromatic N) is 1. The predicted molar refractivity (Wildman–Crippen MR) is 95.8 cm³/mol. The second kappa shape index (κ2) is 7.85. The summed E-state index contributed by atoms with van der Waals surface area (Å²) in [6, 6.07) is 14.0. The summed E-state index contributed by atoms with van der Waals surface area (Å²) in [5, 5.41) is 3.22. The molecule has 1 N–H and O–H groups in total. The highest BCUT2D eigenvalue weighted by Crippen LogP contribution is 2.23. The second-order valence-corrected chi connectivity index (χ2v) is 6.01. The molecule has 0 aliphatic heterocycles. The van der Waals surface area contributed by atoms with Crippen LogP contribution in [-0.2, 0) is 9.53 Å². The zero-order chi connectivity index (χ0) is 17.6. The molecule has 6 nitrogen and oxygen atoms in total. The highest BCUT2D eigenvalue weighted by atomic mass is 32.2. The highest BCUT2D eigenvalue weighted by molar-refractivity contribution is 7.99. The molecule has 2 aromatic carbocycles. The quantitative estimate of drug-likeness (QED) is 0.535. The van der Waals surface area contributed by atoms with Crippen LogP contribution >= 0.6 is 11.8 Å². The number of nitrogens with one attached hydrogen (secondary N) is 1. The molecule has 1 heterocycles. The van der Waals surface area contributed by atoms with Crippen LogP contribution in [0, 0.1) is 0 Å². The van der Waals surface area contributed by atoms with Crippen molar-refractivity contribution in [3.63, 3.8) is 0 Å². The Labute approximate surface area is 148 Å². The molecule has 1 aromatic heterocycles. The number of amides is 1. The maximum atomic E-state index is 12.0. The predicted octanol–water partition coefficient (Wildman–Crippen LogP) is 3.74. The first kappa shape index (κ1) is 17.0. The largest absolute Gasteiger partial charge is 0.462 e. The molecule has 0 spiro atoms. The number of rotatable bonds is 6. The Morgan fingerprint density at radius 3 is 2.64 bits per heavy atom. The molecule has 25 heavy (non-hydrogen) atoms. The molecule has 0 unspecified atom stereocenters. The van der Waals surface area contributed by atoms with E-state index in [4.69, 9.17) is 9.15 Å². The van der Waals surface area contributed by atoms with Gasteiger partial charge in [0.1, 0.15) is 5.52 Å². The zero-order valence-electron chi connectivity index (χ0n) is 13.5. The summed E-state index contributed by atoms with van der Waals surface area (Å²) in [5.41, 5.74) is 2.51. The number of aromatic nitrogens is 1. The van der Waals surface area contributed by atoms with Gasteiger partial charge in [-0.1, -0.05) is 23.9 Å². The smallest absolute Gasteiger partial charge is 0.338 e. The third-order valence-corrected chi connectivity index (χ3v) is 4.11. The number of thioether (sulfide) groups is 1. The summed E-state index contributed by atoms with van der Waals surface area (Å²) in [6.07, 6.45) is 0. The molecular formula is C18H16N2O4S. The van der Waals surface area contributed by atoms with Gasteiger partial charge < -0.3 is 14.5 Å². The molecule has 0 saturated carbocycles. The Hall–Kier alpha value is -2.80. The molecule has 0 atom stereocenters. The van der Waals surface area contributed by atoms with Gasteiger partial charge in [0.15, 0.2) is 5.58 Å². The molecular weight excluding hydrogens is 340 g/mol. The van der Waals surface area contributed by atoms with Gasteiger partial charge in [-0.05, 0) is 43.3 Å². The number of para-hydroxylation sites is 2. The van der Waals surface area contributed by atoms with E-state index in [1.54, 1.807) is 31.2 Å². The van der Waals surface area contributed by atoms with Gasteiger partial charge >= 0.3 is 5.97 Å². The number of oxazole rings is 1. The van der Waals surface area contributed by atoms with Crippen LogP contribution in [0.1, 0.15) is 17.3 Å². The third kappa shape index (κ3) is 4.39. The highest BCUT2D eigenvalue weighted by Gasteiger charge is 2.10. The topological polar surface area (TPSA) is 81.4 Å². The lowest BCUT2D eigenvalue weighted by Gasteiger charge is -2.05. The zero-order valence-corrected chi connectivity index (χ0v) is 14.3. The van der Waals surface area contributed by atoms with Crippen LogP contribution in [0.4, 0.5) is 5.69 Å². The van der Waals surface area contributed by atoms with Crippen LogP contribution in [0.3, 0.4) is 0 Å². The van der Waals surface area contributed by atoms with E-state index in [1.165, 1.54) is 11.8 Å². The molecule has 0 saturated heterocycles. The van der Waals surface area contributed by atoms with Gasteiger partial charge in [0.05, 0.1) is 17.9 Å². The van der Waals surface area contributed by atoms with E-state index in [1.807, 2.05) is 24.3 Å². The molecule has 0 radical (unpaired) electrons. The number of hydrogen-bond donors (Lipinski definition) is 1. The summed E-state index contributed by atoms with van der Waals surface area (Å²) in [5.74, 6) is -0.394. The van der Waals surface area contributed by atoms with Crippen molar-refractivity contribution in [2.45, 2.75) is 12.1 Å². The molecule has 0 fully saturated rings. The lowest BCUT2D eigenvalue weighted by atomic mass is 10.2. The van der Waals surface area contributed by atoms with Crippen molar-refractivity contribution < 1.29 is 18.7 Å². The van der Waals surface area contributed by atoms with Crippen molar-refractivity contribution >= 4 is 40.4 Å². The molecule has 1 amide bonds. The Bertz CT molecular complexity index is 856. The first-order valence-electron chi connectivity index (χ1n) is 7.71. The molecule has 7 heteroatoms. The molecule has 3 aromatic rings. The van der Waals surface area contributed by atoms with Gasteiger partial charge in [0.2, 0.25) is 5.91 Å². The average Bonchev–Trinajstić information content (AvgIpc) is 3.04. The fourth-order valence-corrected chi connectivity index (χ4v) is 2.78. The monoisotopic (exact) mass is 356 g/mol. The Kier molecular flexibility index (Phi) is 5.35. The van der Waals surface area contributed by atoms with Gasteiger partial charge in [-0.15, -0.1) is 0 Å². The molecule has 0 bridgehead atoms. The van der Waals surface area contributed by atoms with Crippen molar-refractivity contribution in [2.24, 2.45) is 0 Å². The number of benzene rings is 2. The van der Waals surface area contributed by atoms with Crippen LogP contribution in [0.5, 0.6) is 0 Å². The minimum atomic E-state index is -0.383. The van der Waals surface area contributed by atoms with E-state index in [0.717, 1.165) is 5.52 Å². The standard InChI is InChI=1S/C18H16N2O4S/c1-2-23-17(22)12-7-9-13(10-8-12)19-16(21)11-25-18-20-14-5-3-4-6-15(14)24-18/h3-10H,2,11H2,1H3,(H,19,21). The van der Waals surface area contributed by atoms with Crippen molar-refractivity contribution in [1.29, 1.82) is 0 Å². The third-order valence-electron chi connectivity index (χ3n) is 3.28. The lowest BCUT2D eigenvalue weighted by Crippen LogP contribution is -2.14. The summed E-state index contributed by atoms with van der Waals surface area (Å²) in [4.78, 5) is 27.9. The van der Waals surface area contributed by atoms with Crippen LogP contribution in [0.2, 0.25) is 0 Å². The van der Waals surface area contributed by atoms with Crippen molar-refractivity contribution in [2.75, 3.05) is 17.7 Å². The number of fused-ring (bicyclic) bond motifs is 1. The maximum Gasteiger partial charge on any atom is 0.338 e. The van der Waals surface area contributed by atoms with Gasteiger partial charge in [-0.25, -0.2) is 9.78 Å². The Morgan fingerprint density at radius 2 is 1.92 bits per heavy atom. The number of hydrogen-bond acceptors (Lipinski definition) is 6. The number of anilines is 1. The van der Waals surface area contributed by atoms with Gasteiger partial charge in [0, 0.05) is 5.69 Å². The summed E-state index contributed by atoms with van der Waals surface area (Å²) >= 11 is 1.22. The second-order valence-electron chi connectivity index (χ2n) is 5.08. The summed E-state index contributed by atoms with van der Waals surface area (Å²) < 4.78 is 10.5. The van der Waals surface area contributed by atoms with E-state index >= 15 is 0 Å². The lowest BCUT2D eigenvalue weighted by molar-refractivity contribution is -0.113. The van der Waals surface area contributed by atoms with Crippen molar-refractivity contribution in [1.82, 2.24) is 4.98 Å². The fraction of sp³-hybridized carbons (Fsp3) is 0.167. The first-order chi connectivity index (χ1) is 12.2. The van der Waals surface area contributed by atoms with Gasteiger partial charge in [0.25, 0.3) is 5.22 Å². The summed E-state index contributed by atoms with van der Waals surface area (Å²) in [6.45, 7) is 2.07. The number of ether oxygens (including phenoxy) is 1. The fourth-order valence-electron chi connectivity index (χ4n) is 2.14. The SMILES string of the molecule is CCOC(=O)c1ccc(NC(=O)CSc2nc3ccccc3o2)cc1. The molecule has 0 aliphatic rings. The van der Waals surface area contributed by atoms with Crippen LogP contribution in [-0.4, -0.2) is 29.2 Å². The Balaban J connectivity index is 1.54. The molecule has 0 aliphatic carbocycles. The van der Waals surface area contributed by atoms with E-state index in [0.29, 0.717) is 28.7 Å². The number of esters is 1. The van der Waals surface area contributed by atoms with Crippen LogP contribution in [0.15, 0.2) is 58.2 Å². The van der Waals surface area contributed by atoms with Crippen molar-refractivity contribution in [3.8, 4) is 0 Å². The van der Waals surface area contributed by atoms with Crippen molar-refractivity contribution in [3.05, 3.63) is 54.1 Å². The maximum absolute atomic E-state index is 12.0. The average molecular weight is 356 g/mol.